The van der Waals surface area contributed by atoms with Crippen molar-refractivity contribution in [3.05, 3.63) is 86.9 Å². The molecular formula is C18H10ClN3O3. The minimum absolute atomic E-state index is 0.0254. The predicted molar refractivity (Wildman–Crippen MR) is 91.1 cm³/mol. The lowest BCUT2D eigenvalue weighted by atomic mass is 10.0. The van der Waals surface area contributed by atoms with E-state index in [1.54, 1.807) is 24.3 Å². The summed E-state index contributed by atoms with van der Waals surface area (Å²) in [4.78, 5) is 29.1. The number of benzene rings is 1. The maximum atomic E-state index is 12.7. The van der Waals surface area contributed by atoms with E-state index in [9.17, 15) is 20.0 Å². The molecule has 3 aromatic rings. The minimum atomic E-state index is -0.590. The summed E-state index contributed by atoms with van der Waals surface area (Å²) >= 11 is 5.88. The monoisotopic (exact) mass is 351 g/mol. The summed E-state index contributed by atoms with van der Waals surface area (Å²) in [6.07, 6.45) is 2.78. The van der Waals surface area contributed by atoms with Gasteiger partial charge in [-0.05, 0) is 36.4 Å². The molecule has 0 aliphatic heterocycles. The van der Waals surface area contributed by atoms with Crippen molar-refractivity contribution in [1.82, 2.24) is 9.55 Å². The van der Waals surface area contributed by atoms with Gasteiger partial charge in [-0.25, -0.2) is 4.98 Å². The van der Waals surface area contributed by atoms with Crippen molar-refractivity contribution in [2.45, 2.75) is 0 Å². The second-order valence-corrected chi connectivity index (χ2v) is 5.54. The Morgan fingerprint density at radius 3 is 2.72 bits per heavy atom. The molecule has 0 unspecified atom stereocenters. The van der Waals surface area contributed by atoms with Gasteiger partial charge in [-0.1, -0.05) is 17.7 Å². The number of hydrogen-bond donors (Lipinski definition) is 1. The molecular weight excluding hydrogens is 342 g/mol. The minimum Gasteiger partial charge on any atom is -0.507 e. The van der Waals surface area contributed by atoms with Crippen LogP contribution in [0.4, 0.5) is 0 Å². The van der Waals surface area contributed by atoms with Crippen LogP contribution in [0, 0.1) is 11.3 Å². The molecule has 25 heavy (non-hydrogen) atoms. The quantitative estimate of drug-likeness (QED) is 0.732. The van der Waals surface area contributed by atoms with Crippen LogP contribution in [0.25, 0.3) is 5.82 Å². The number of ketones is 1. The van der Waals surface area contributed by atoms with E-state index in [0.717, 1.165) is 4.57 Å². The lowest BCUT2D eigenvalue weighted by Gasteiger charge is -2.09. The van der Waals surface area contributed by atoms with Gasteiger partial charge in [0.05, 0.1) is 5.56 Å². The molecule has 2 aromatic heterocycles. The van der Waals surface area contributed by atoms with Crippen molar-refractivity contribution in [3.63, 3.8) is 0 Å². The zero-order valence-corrected chi connectivity index (χ0v) is 13.4. The predicted octanol–water partition coefficient (Wildman–Crippen LogP) is 2.69. The highest BCUT2D eigenvalue weighted by Crippen LogP contribution is 2.24. The molecule has 2 heterocycles. The molecule has 0 amide bonds. The number of carbonyl (C=O) groups excluding carboxylic acids is 1. The van der Waals surface area contributed by atoms with E-state index in [4.69, 9.17) is 11.6 Å². The molecule has 0 radical (unpaired) electrons. The number of nitriles is 1. The van der Waals surface area contributed by atoms with Crippen molar-refractivity contribution in [1.29, 1.82) is 5.26 Å². The van der Waals surface area contributed by atoms with E-state index >= 15 is 0 Å². The van der Waals surface area contributed by atoms with E-state index in [0.29, 0.717) is 0 Å². The molecule has 3 rings (SSSR count). The van der Waals surface area contributed by atoms with Gasteiger partial charge in [0, 0.05) is 23.0 Å². The third-order valence-corrected chi connectivity index (χ3v) is 3.73. The van der Waals surface area contributed by atoms with Crippen molar-refractivity contribution in [2.75, 3.05) is 0 Å². The topological polar surface area (TPSA) is 96.0 Å². The van der Waals surface area contributed by atoms with Crippen LogP contribution in [0.3, 0.4) is 0 Å². The third kappa shape index (κ3) is 3.13. The summed E-state index contributed by atoms with van der Waals surface area (Å²) in [5.74, 6) is -0.543. The Labute approximate surface area is 147 Å². The Balaban J connectivity index is 2.21. The molecule has 0 aliphatic carbocycles. The fourth-order valence-corrected chi connectivity index (χ4v) is 2.47. The number of aromatic hydroxyl groups is 1. The highest BCUT2D eigenvalue weighted by Gasteiger charge is 2.18. The van der Waals surface area contributed by atoms with Gasteiger partial charge in [0.2, 0.25) is 0 Å². The van der Waals surface area contributed by atoms with Gasteiger partial charge in [0.15, 0.2) is 5.78 Å². The summed E-state index contributed by atoms with van der Waals surface area (Å²) in [5, 5.41) is 19.4. The van der Waals surface area contributed by atoms with E-state index in [-0.39, 0.29) is 33.3 Å². The van der Waals surface area contributed by atoms with E-state index in [1.165, 1.54) is 36.7 Å². The average molecular weight is 352 g/mol. The number of hydrogen-bond acceptors (Lipinski definition) is 5. The lowest BCUT2D eigenvalue weighted by molar-refractivity contribution is 0.103. The number of pyridine rings is 2. The summed E-state index contributed by atoms with van der Waals surface area (Å²) in [7, 11) is 0. The Hall–Kier alpha value is -3.43. The van der Waals surface area contributed by atoms with Gasteiger partial charge < -0.3 is 5.11 Å². The first-order valence-electron chi connectivity index (χ1n) is 7.12. The normalized spacial score (nSPS) is 10.2. The average Bonchev–Trinajstić information content (AvgIpc) is 2.64. The van der Waals surface area contributed by atoms with Gasteiger partial charge in [0.1, 0.15) is 23.2 Å². The smallest absolute Gasteiger partial charge is 0.274 e. The van der Waals surface area contributed by atoms with Gasteiger partial charge in [0.25, 0.3) is 5.56 Å². The van der Waals surface area contributed by atoms with Crippen molar-refractivity contribution in [3.8, 4) is 17.6 Å². The number of nitrogens with zero attached hydrogens (tertiary/aromatic N) is 3. The third-order valence-electron chi connectivity index (χ3n) is 3.50. The van der Waals surface area contributed by atoms with E-state index in [1.807, 2.05) is 0 Å². The van der Waals surface area contributed by atoms with Crippen molar-refractivity contribution < 1.29 is 9.90 Å². The molecule has 6 nitrogen and oxygen atoms in total. The molecule has 1 N–H and O–H groups in total. The SMILES string of the molecule is N#Cc1cc(C(=O)c2cc(Cl)ccc2O)cn(-c2ccccn2)c1=O. The maximum absolute atomic E-state index is 12.7. The number of carbonyl (C=O) groups is 1. The van der Waals surface area contributed by atoms with Crippen LogP contribution >= 0.6 is 11.6 Å². The van der Waals surface area contributed by atoms with Crippen LogP contribution in [-0.2, 0) is 0 Å². The number of halogens is 1. The molecule has 0 fully saturated rings. The fraction of sp³-hybridized carbons (Fsp3) is 0. The standard InChI is InChI=1S/C18H10ClN3O3/c19-13-4-5-15(23)14(8-13)17(24)12-7-11(9-20)18(25)22(10-12)16-3-1-2-6-21-16/h1-8,10,23H. The molecule has 0 saturated carbocycles. The maximum Gasteiger partial charge on any atom is 0.274 e. The van der Waals surface area contributed by atoms with Gasteiger partial charge in [-0.15, -0.1) is 0 Å². The molecule has 0 aliphatic rings. The van der Waals surface area contributed by atoms with E-state index in [2.05, 4.69) is 4.98 Å². The zero-order valence-electron chi connectivity index (χ0n) is 12.7. The van der Waals surface area contributed by atoms with Crippen LogP contribution in [0.1, 0.15) is 21.5 Å². The first kappa shape index (κ1) is 16.4. The Morgan fingerprint density at radius 2 is 2.04 bits per heavy atom. The second-order valence-electron chi connectivity index (χ2n) is 5.11. The number of phenols is 1. The van der Waals surface area contributed by atoms with Crippen molar-refractivity contribution >= 4 is 17.4 Å². The van der Waals surface area contributed by atoms with Crippen molar-refractivity contribution in [2.24, 2.45) is 0 Å². The Kier molecular flexibility index (Phi) is 4.33. The van der Waals surface area contributed by atoms with Gasteiger partial charge in [-0.3, -0.25) is 14.2 Å². The Bertz CT molecular complexity index is 1070. The molecule has 0 spiro atoms. The number of rotatable bonds is 3. The van der Waals surface area contributed by atoms with Gasteiger partial charge in [-0.2, -0.15) is 5.26 Å². The summed E-state index contributed by atoms with van der Waals surface area (Å²) in [5.41, 5.74) is -0.770. The first-order valence-corrected chi connectivity index (χ1v) is 7.50. The fourth-order valence-electron chi connectivity index (χ4n) is 2.30. The summed E-state index contributed by atoms with van der Waals surface area (Å²) in [6, 6.07) is 12.0. The molecule has 0 bridgehead atoms. The van der Waals surface area contributed by atoms with Crippen LogP contribution in [0.15, 0.2) is 59.7 Å². The lowest BCUT2D eigenvalue weighted by Crippen LogP contribution is -2.23. The van der Waals surface area contributed by atoms with Crippen LogP contribution in [0.5, 0.6) is 5.75 Å². The molecule has 122 valence electrons. The van der Waals surface area contributed by atoms with Crippen LogP contribution < -0.4 is 5.56 Å². The Morgan fingerprint density at radius 1 is 1.24 bits per heavy atom. The first-order chi connectivity index (χ1) is 12.0. The molecule has 7 heteroatoms. The number of aromatic nitrogens is 2. The molecule has 1 aromatic carbocycles. The number of phenolic OH excluding ortho intramolecular Hbond substituents is 1. The largest absolute Gasteiger partial charge is 0.507 e. The van der Waals surface area contributed by atoms with Gasteiger partial charge >= 0.3 is 0 Å². The molecule has 0 atom stereocenters. The highest BCUT2D eigenvalue weighted by atomic mass is 35.5. The van der Waals surface area contributed by atoms with E-state index < -0.39 is 11.3 Å². The zero-order chi connectivity index (χ0) is 18.0. The van der Waals surface area contributed by atoms with Crippen LogP contribution in [0.2, 0.25) is 5.02 Å². The second kappa shape index (κ2) is 6.59. The summed E-state index contributed by atoms with van der Waals surface area (Å²) < 4.78 is 1.12. The highest BCUT2D eigenvalue weighted by molar-refractivity contribution is 6.31. The molecule has 0 saturated heterocycles. The summed E-state index contributed by atoms with van der Waals surface area (Å²) in [6.45, 7) is 0. The van der Waals surface area contributed by atoms with Crippen LogP contribution in [-0.4, -0.2) is 20.4 Å².